The fourth-order valence-electron chi connectivity index (χ4n) is 4.24. The van der Waals surface area contributed by atoms with Gasteiger partial charge in [0.15, 0.2) is 0 Å². The lowest BCUT2D eigenvalue weighted by Gasteiger charge is -2.27. The van der Waals surface area contributed by atoms with Gasteiger partial charge in [-0.15, -0.1) is 0 Å². The van der Waals surface area contributed by atoms with Gasteiger partial charge in [-0.2, -0.15) is 0 Å². The van der Waals surface area contributed by atoms with Crippen LogP contribution >= 0.6 is 11.6 Å². The molecule has 0 spiro atoms. The Morgan fingerprint density at radius 2 is 1.71 bits per heavy atom. The van der Waals surface area contributed by atoms with E-state index in [1.807, 2.05) is 49.4 Å². The molecule has 1 unspecified atom stereocenters. The minimum atomic E-state index is -0.812. The smallest absolute Gasteiger partial charge is 0.295 e. The number of rotatable bonds is 6. The summed E-state index contributed by atoms with van der Waals surface area (Å²) in [6, 6.07) is 18.7. The third-order valence-electron chi connectivity index (χ3n) is 5.98. The van der Waals surface area contributed by atoms with Gasteiger partial charge in [0.25, 0.3) is 11.7 Å². The second kappa shape index (κ2) is 9.61. The molecule has 0 aliphatic carbocycles. The highest BCUT2D eigenvalue weighted by molar-refractivity contribution is 6.47. The first-order chi connectivity index (χ1) is 16.4. The van der Waals surface area contributed by atoms with Crippen molar-refractivity contribution in [2.45, 2.75) is 19.5 Å². The SMILES string of the molecule is COc1ccc(Cl)c(/C(O)=C2\C(=O)C(=O)N(Cc3ccccc3OC)C2c2ccccc2C)c1. The first kappa shape index (κ1) is 23.4. The number of hydrogen-bond acceptors (Lipinski definition) is 5. The Morgan fingerprint density at radius 3 is 2.41 bits per heavy atom. The summed E-state index contributed by atoms with van der Waals surface area (Å²) in [5, 5.41) is 11.6. The minimum absolute atomic E-state index is 0.0237. The number of ketones is 1. The van der Waals surface area contributed by atoms with Crippen molar-refractivity contribution in [3.05, 3.63) is 99.6 Å². The van der Waals surface area contributed by atoms with E-state index in [0.29, 0.717) is 11.5 Å². The average molecular weight is 478 g/mol. The number of benzene rings is 3. The summed E-state index contributed by atoms with van der Waals surface area (Å²) in [5.74, 6) is -0.775. The Kier molecular flexibility index (Phi) is 6.61. The van der Waals surface area contributed by atoms with Crippen molar-refractivity contribution in [1.82, 2.24) is 4.90 Å². The predicted octanol–water partition coefficient (Wildman–Crippen LogP) is 5.29. The van der Waals surface area contributed by atoms with E-state index >= 15 is 0 Å². The zero-order chi connectivity index (χ0) is 24.4. The van der Waals surface area contributed by atoms with Crippen LogP contribution in [-0.4, -0.2) is 35.9 Å². The second-order valence-electron chi connectivity index (χ2n) is 7.94. The van der Waals surface area contributed by atoms with Crippen molar-refractivity contribution in [2.24, 2.45) is 0 Å². The van der Waals surface area contributed by atoms with Crippen LogP contribution in [0.3, 0.4) is 0 Å². The van der Waals surface area contributed by atoms with Gasteiger partial charge in [0.1, 0.15) is 17.3 Å². The molecule has 1 atom stereocenters. The first-order valence-electron chi connectivity index (χ1n) is 10.7. The van der Waals surface area contributed by atoms with Gasteiger partial charge in [0.2, 0.25) is 0 Å². The molecule has 0 saturated carbocycles. The molecule has 1 heterocycles. The summed E-state index contributed by atoms with van der Waals surface area (Å²) < 4.78 is 10.7. The van der Waals surface area contributed by atoms with Crippen molar-refractivity contribution in [3.8, 4) is 11.5 Å². The first-order valence-corrected chi connectivity index (χ1v) is 11.0. The summed E-state index contributed by atoms with van der Waals surface area (Å²) in [5.41, 5.74) is 2.54. The maximum absolute atomic E-state index is 13.3. The van der Waals surface area contributed by atoms with Crippen LogP contribution in [0.1, 0.15) is 28.3 Å². The Morgan fingerprint density at radius 1 is 1.00 bits per heavy atom. The van der Waals surface area contributed by atoms with E-state index in [4.69, 9.17) is 21.1 Å². The largest absolute Gasteiger partial charge is 0.507 e. The number of aryl methyl sites for hydroxylation is 1. The highest BCUT2D eigenvalue weighted by Gasteiger charge is 2.46. The van der Waals surface area contributed by atoms with Crippen LogP contribution in [0.15, 0.2) is 72.3 Å². The standard InChI is InChI=1S/C27H24ClNO5/c1-16-8-4-6-10-19(16)24-23(25(30)20-14-18(33-2)12-13-21(20)28)26(31)27(32)29(24)15-17-9-5-7-11-22(17)34-3/h4-14,24,30H,15H2,1-3H3/b25-23+. The zero-order valence-corrected chi connectivity index (χ0v) is 19.8. The lowest BCUT2D eigenvalue weighted by Crippen LogP contribution is -2.29. The summed E-state index contributed by atoms with van der Waals surface area (Å²) in [6.45, 7) is 2.02. The van der Waals surface area contributed by atoms with Gasteiger partial charge >= 0.3 is 0 Å². The van der Waals surface area contributed by atoms with Crippen molar-refractivity contribution >= 4 is 29.1 Å². The van der Waals surface area contributed by atoms with Crippen molar-refractivity contribution in [1.29, 1.82) is 0 Å². The Bertz CT molecular complexity index is 1300. The fourth-order valence-corrected chi connectivity index (χ4v) is 4.44. The van der Waals surface area contributed by atoms with Gasteiger partial charge in [-0.3, -0.25) is 9.59 Å². The molecule has 0 aromatic heterocycles. The minimum Gasteiger partial charge on any atom is -0.507 e. The molecular weight excluding hydrogens is 454 g/mol. The van der Waals surface area contributed by atoms with Crippen molar-refractivity contribution in [3.63, 3.8) is 0 Å². The third kappa shape index (κ3) is 4.13. The van der Waals surface area contributed by atoms with Crippen molar-refractivity contribution < 1.29 is 24.2 Å². The molecule has 1 N–H and O–H groups in total. The molecular formula is C27H24ClNO5. The number of nitrogens with zero attached hydrogens (tertiary/aromatic N) is 1. The number of halogens is 1. The van der Waals surface area contributed by atoms with Gasteiger partial charge in [-0.25, -0.2) is 0 Å². The van der Waals surface area contributed by atoms with E-state index < -0.39 is 17.7 Å². The molecule has 1 amide bonds. The highest BCUT2D eigenvalue weighted by atomic mass is 35.5. The van der Waals surface area contributed by atoms with Gasteiger partial charge in [0.05, 0.1) is 37.4 Å². The molecule has 0 bridgehead atoms. The quantitative estimate of drug-likeness (QED) is 0.296. The summed E-state index contributed by atoms with van der Waals surface area (Å²) >= 11 is 6.37. The monoisotopic (exact) mass is 477 g/mol. The molecule has 174 valence electrons. The number of methoxy groups -OCH3 is 2. The number of aliphatic hydroxyl groups is 1. The molecule has 0 radical (unpaired) electrons. The summed E-state index contributed by atoms with van der Waals surface area (Å²) in [6.07, 6.45) is 0. The normalized spacial score (nSPS) is 17.2. The van der Waals surface area contributed by atoms with E-state index in [1.165, 1.54) is 12.0 Å². The van der Waals surface area contributed by atoms with Crippen LogP contribution in [-0.2, 0) is 16.1 Å². The number of para-hydroxylation sites is 1. The molecule has 1 fully saturated rings. The molecule has 3 aromatic carbocycles. The zero-order valence-electron chi connectivity index (χ0n) is 19.0. The second-order valence-corrected chi connectivity index (χ2v) is 8.35. The van der Waals surface area contributed by atoms with Crippen LogP contribution in [0.25, 0.3) is 5.76 Å². The van der Waals surface area contributed by atoms with E-state index in [1.54, 1.807) is 31.4 Å². The molecule has 1 saturated heterocycles. The van der Waals surface area contributed by atoms with Gasteiger partial charge in [0, 0.05) is 11.1 Å². The Labute approximate surface area is 203 Å². The fraction of sp³-hybridized carbons (Fsp3) is 0.185. The van der Waals surface area contributed by atoms with Crippen LogP contribution in [0, 0.1) is 6.92 Å². The predicted molar refractivity (Wildman–Crippen MR) is 130 cm³/mol. The number of likely N-dealkylation sites (tertiary alicyclic amines) is 1. The van der Waals surface area contributed by atoms with Crippen LogP contribution in [0.4, 0.5) is 0 Å². The molecule has 3 aromatic rings. The number of ether oxygens (including phenoxy) is 2. The number of carbonyl (C=O) groups is 2. The van der Waals surface area contributed by atoms with Gasteiger partial charge in [-0.05, 0) is 42.3 Å². The van der Waals surface area contributed by atoms with Crippen molar-refractivity contribution in [2.75, 3.05) is 14.2 Å². The molecule has 4 rings (SSSR count). The highest BCUT2D eigenvalue weighted by Crippen LogP contribution is 2.43. The Balaban J connectivity index is 1.93. The number of amides is 1. The maximum atomic E-state index is 13.3. The van der Waals surface area contributed by atoms with Gasteiger partial charge in [-0.1, -0.05) is 54.1 Å². The number of carbonyl (C=O) groups excluding carboxylic acids is 2. The number of Topliss-reactive ketones (excluding diaryl/α,β-unsaturated/α-hetero) is 1. The summed E-state index contributed by atoms with van der Waals surface area (Å²) in [4.78, 5) is 28.1. The lowest BCUT2D eigenvalue weighted by atomic mass is 9.92. The van der Waals surface area contributed by atoms with E-state index in [-0.39, 0.29) is 28.5 Å². The third-order valence-corrected chi connectivity index (χ3v) is 6.31. The topological polar surface area (TPSA) is 76.1 Å². The van der Waals surface area contributed by atoms with Crippen LogP contribution < -0.4 is 9.47 Å². The molecule has 1 aliphatic heterocycles. The van der Waals surface area contributed by atoms with Gasteiger partial charge < -0.3 is 19.5 Å². The average Bonchev–Trinajstić information content (AvgIpc) is 3.09. The maximum Gasteiger partial charge on any atom is 0.295 e. The molecule has 6 nitrogen and oxygen atoms in total. The molecule has 34 heavy (non-hydrogen) atoms. The lowest BCUT2D eigenvalue weighted by molar-refractivity contribution is -0.140. The Hall–Kier alpha value is -3.77. The van der Waals surface area contributed by atoms with Crippen LogP contribution in [0.5, 0.6) is 11.5 Å². The van der Waals surface area contributed by atoms with E-state index in [9.17, 15) is 14.7 Å². The van der Waals surface area contributed by atoms with E-state index in [2.05, 4.69) is 0 Å². The van der Waals surface area contributed by atoms with E-state index in [0.717, 1.165) is 16.7 Å². The summed E-state index contributed by atoms with van der Waals surface area (Å²) in [7, 11) is 3.04. The van der Waals surface area contributed by atoms with Crippen LogP contribution in [0.2, 0.25) is 5.02 Å². The number of hydrogen-bond donors (Lipinski definition) is 1. The molecule has 1 aliphatic rings. The molecule has 7 heteroatoms. The number of aliphatic hydroxyl groups excluding tert-OH is 1.